The van der Waals surface area contributed by atoms with Crippen LogP contribution < -0.4 is 9.64 Å². The molecule has 0 aliphatic carbocycles. The number of ether oxygens (including phenoxy) is 3. The molecular weight excluding hydrogens is 619 g/mol. The summed E-state index contributed by atoms with van der Waals surface area (Å²) in [7, 11) is 1.43. The molecule has 4 aromatic rings. The SMILES string of the molecule is COCOc1cc(-c2c(C#N)c(F)c3c(N4CC5CCC(C4)N5C(=O)OC(C)(C)C)nc(SC)nc3c2F)c2c(F)cccc2c1. The summed E-state index contributed by atoms with van der Waals surface area (Å²) in [5, 5.41) is 10.6. The first-order chi connectivity index (χ1) is 21.9. The van der Waals surface area contributed by atoms with Gasteiger partial charge in [-0.15, -0.1) is 0 Å². The van der Waals surface area contributed by atoms with E-state index in [1.807, 2.05) is 11.0 Å². The predicted molar refractivity (Wildman–Crippen MR) is 168 cm³/mol. The molecule has 1 aromatic heterocycles. The summed E-state index contributed by atoms with van der Waals surface area (Å²) in [6.45, 7) is 5.87. The summed E-state index contributed by atoms with van der Waals surface area (Å²) in [5.41, 5.74) is -2.12. The Morgan fingerprint density at radius 1 is 1.09 bits per heavy atom. The molecule has 9 nitrogen and oxygen atoms in total. The fourth-order valence-corrected chi connectivity index (χ4v) is 6.74. The van der Waals surface area contributed by atoms with Gasteiger partial charge in [-0.05, 0) is 63.5 Å². The first-order valence-corrected chi connectivity index (χ1v) is 16.0. The van der Waals surface area contributed by atoms with Crippen LogP contribution in [0.4, 0.5) is 23.8 Å². The Balaban J connectivity index is 1.53. The monoisotopic (exact) mass is 651 g/mol. The third kappa shape index (κ3) is 5.54. The molecule has 0 spiro atoms. The molecule has 2 aliphatic heterocycles. The molecule has 46 heavy (non-hydrogen) atoms. The molecule has 240 valence electrons. The third-order valence-corrected chi connectivity index (χ3v) is 8.73. The van der Waals surface area contributed by atoms with E-state index >= 15 is 13.2 Å². The second kappa shape index (κ2) is 12.1. The van der Waals surface area contributed by atoms with E-state index in [9.17, 15) is 10.1 Å². The van der Waals surface area contributed by atoms with Gasteiger partial charge >= 0.3 is 6.09 Å². The number of rotatable bonds is 6. The second-order valence-corrected chi connectivity index (χ2v) is 13.1. The van der Waals surface area contributed by atoms with E-state index in [4.69, 9.17) is 14.2 Å². The molecule has 6 rings (SSSR count). The van der Waals surface area contributed by atoms with Crippen molar-refractivity contribution >= 4 is 45.3 Å². The van der Waals surface area contributed by atoms with E-state index in [1.54, 1.807) is 44.1 Å². The van der Waals surface area contributed by atoms with E-state index in [1.165, 1.54) is 25.3 Å². The Morgan fingerprint density at radius 3 is 2.43 bits per heavy atom. The summed E-state index contributed by atoms with van der Waals surface area (Å²) >= 11 is 1.15. The highest BCUT2D eigenvalue weighted by atomic mass is 32.2. The zero-order valence-corrected chi connectivity index (χ0v) is 26.8. The standard InChI is InChI=1S/C33H32F3N5O4S/c1-33(2,3)45-32(42)41-18-9-10-19(41)15-40(14-18)30-26-27(35)22(13-37)25(28(36)29(26)38-31(39-30)46-5)21-12-20(44-16-43-4)11-17-7-6-8-23(34)24(17)21/h6-8,11-12,18-19H,9-10,14-16H2,1-5H3. The molecular formula is C33H32F3N5O4S. The molecule has 3 aromatic carbocycles. The molecule has 3 heterocycles. The molecule has 0 radical (unpaired) electrons. The Hall–Kier alpha value is -4.28. The van der Waals surface area contributed by atoms with Crippen molar-refractivity contribution in [1.82, 2.24) is 14.9 Å². The number of amides is 1. The van der Waals surface area contributed by atoms with Gasteiger partial charge in [-0.25, -0.2) is 27.9 Å². The van der Waals surface area contributed by atoms with Crippen molar-refractivity contribution in [1.29, 1.82) is 5.26 Å². The van der Waals surface area contributed by atoms with E-state index < -0.39 is 40.3 Å². The van der Waals surface area contributed by atoms with Crippen LogP contribution in [0.5, 0.6) is 5.75 Å². The number of benzene rings is 3. The number of hydrogen-bond acceptors (Lipinski definition) is 9. The lowest BCUT2D eigenvalue weighted by Gasteiger charge is -2.42. The highest BCUT2D eigenvalue weighted by Gasteiger charge is 2.45. The van der Waals surface area contributed by atoms with Crippen molar-refractivity contribution in [3.8, 4) is 22.9 Å². The van der Waals surface area contributed by atoms with Crippen LogP contribution in [0.25, 0.3) is 32.8 Å². The highest BCUT2D eigenvalue weighted by molar-refractivity contribution is 7.98. The minimum absolute atomic E-state index is 0.00405. The van der Waals surface area contributed by atoms with E-state index in [2.05, 4.69) is 9.97 Å². The smallest absolute Gasteiger partial charge is 0.410 e. The number of hydrogen-bond donors (Lipinski definition) is 0. The van der Waals surface area contributed by atoms with Crippen LogP contribution in [0.3, 0.4) is 0 Å². The summed E-state index contributed by atoms with van der Waals surface area (Å²) in [6.07, 6.45) is 2.72. The molecule has 2 saturated heterocycles. The van der Waals surface area contributed by atoms with Crippen LogP contribution >= 0.6 is 11.8 Å². The first kappa shape index (κ1) is 31.7. The van der Waals surface area contributed by atoms with E-state index in [0.29, 0.717) is 31.3 Å². The van der Waals surface area contributed by atoms with Crippen molar-refractivity contribution in [2.45, 2.75) is 56.5 Å². The number of nitriles is 1. The molecule has 13 heteroatoms. The van der Waals surface area contributed by atoms with Crippen LogP contribution in [-0.4, -0.2) is 71.9 Å². The van der Waals surface area contributed by atoms with Gasteiger partial charge in [0.15, 0.2) is 23.6 Å². The van der Waals surface area contributed by atoms with Crippen LogP contribution in [0.1, 0.15) is 39.2 Å². The number of carbonyl (C=O) groups is 1. The summed E-state index contributed by atoms with van der Waals surface area (Å²) < 4.78 is 65.2. The molecule has 2 unspecified atom stereocenters. The Kier molecular flexibility index (Phi) is 8.37. The number of piperazine rings is 1. The van der Waals surface area contributed by atoms with Gasteiger partial charge < -0.3 is 19.1 Å². The van der Waals surface area contributed by atoms with E-state index in [0.717, 1.165) is 11.8 Å². The predicted octanol–water partition coefficient (Wildman–Crippen LogP) is 7.03. The fraction of sp³-hybridized carbons (Fsp3) is 0.394. The number of methoxy groups -OCH3 is 1. The Morgan fingerprint density at radius 2 is 1.80 bits per heavy atom. The average Bonchev–Trinajstić information content (AvgIpc) is 3.29. The van der Waals surface area contributed by atoms with Gasteiger partial charge in [-0.2, -0.15) is 5.26 Å². The van der Waals surface area contributed by atoms with Gasteiger partial charge in [-0.3, -0.25) is 4.90 Å². The van der Waals surface area contributed by atoms with Crippen LogP contribution in [0, 0.1) is 28.8 Å². The average molecular weight is 652 g/mol. The number of carbonyl (C=O) groups excluding carboxylic acids is 1. The number of halogens is 3. The maximum absolute atomic E-state index is 16.9. The maximum Gasteiger partial charge on any atom is 0.410 e. The fourth-order valence-electron chi connectivity index (χ4n) is 6.38. The number of fused-ring (bicyclic) bond motifs is 4. The van der Waals surface area contributed by atoms with Crippen LogP contribution in [0.2, 0.25) is 0 Å². The van der Waals surface area contributed by atoms with Crippen molar-refractivity contribution in [2.75, 3.05) is 38.1 Å². The second-order valence-electron chi connectivity index (χ2n) is 12.3. The quantitative estimate of drug-likeness (QED) is 0.124. The summed E-state index contributed by atoms with van der Waals surface area (Å²) in [5.74, 6) is -2.35. The summed E-state index contributed by atoms with van der Waals surface area (Å²) in [4.78, 5) is 25.6. The Labute approximate surface area is 268 Å². The molecule has 2 aliphatic rings. The number of thioether (sulfide) groups is 1. The van der Waals surface area contributed by atoms with Crippen molar-refractivity contribution in [3.63, 3.8) is 0 Å². The molecule has 0 N–H and O–H groups in total. The van der Waals surface area contributed by atoms with Crippen molar-refractivity contribution < 1.29 is 32.2 Å². The molecule has 2 atom stereocenters. The number of nitrogens with zero attached hydrogens (tertiary/aromatic N) is 5. The van der Waals surface area contributed by atoms with Gasteiger partial charge in [0.05, 0.1) is 23.0 Å². The van der Waals surface area contributed by atoms with Gasteiger partial charge in [-0.1, -0.05) is 23.9 Å². The molecule has 0 saturated carbocycles. The van der Waals surface area contributed by atoms with Crippen LogP contribution in [0.15, 0.2) is 35.5 Å². The zero-order valence-electron chi connectivity index (χ0n) is 26.0. The number of anilines is 1. The normalized spacial score (nSPS) is 17.9. The molecule has 2 bridgehead atoms. The van der Waals surface area contributed by atoms with Gasteiger partial charge in [0.1, 0.15) is 34.6 Å². The van der Waals surface area contributed by atoms with Crippen molar-refractivity contribution in [3.05, 3.63) is 53.3 Å². The minimum atomic E-state index is -1.02. The topological polar surface area (TPSA) is 101 Å². The van der Waals surface area contributed by atoms with E-state index in [-0.39, 0.29) is 57.5 Å². The minimum Gasteiger partial charge on any atom is -0.468 e. The highest BCUT2D eigenvalue weighted by Crippen LogP contribution is 2.44. The van der Waals surface area contributed by atoms with Gasteiger partial charge in [0.25, 0.3) is 0 Å². The lowest BCUT2D eigenvalue weighted by Crippen LogP contribution is -2.57. The zero-order chi connectivity index (χ0) is 32.9. The first-order valence-electron chi connectivity index (χ1n) is 14.7. The lowest BCUT2D eigenvalue weighted by molar-refractivity contribution is 0.0122. The third-order valence-electron chi connectivity index (χ3n) is 8.18. The van der Waals surface area contributed by atoms with Gasteiger partial charge in [0.2, 0.25) is 0 Å². The van der Waals surface area contributed by atoms with Crippen LogP contribution in [-0.2, 0) is 9.47 Å². The summed E-state index contributed by atoms with van der Waals surface area (Å²) in [6, 6.07) is 8.58. The van der Waals surface area contributed by atoms with Gasteiger partial charge in [0, 0.05) is 36.7 Å². The molecule has 1 amide bonds. The lowest BCUT2D eigenvalue weighted by atomic mass is 9.92. The largest absolute Gasteiger partial charge is 0.468 e. The van der Waals surface area contributed by atoms with Crippen molar-refractivity contribution in [2.24, 2.45) is 0 Å². The Bertz CT molecular complexity index is 1900. The molecule has 2 fully saturated rings. The maximum atomic E-state index is 16.9. The number of aromatic nitrogens is 2.